The number of rotatable bonds is 2. The van der Waals surface area contributed by atoms with E-state index in [0.717, 1.165) is 25.6 Å². The number of fused-ring (bicyclic) bond motifs is 1. The van der Waals surface area contributed by atoms with Gasteiger partial charge in [-0.1, -0.05) is 23.5 Å². The summed E-state index contributed by atoms with van der Waals surface area (Å²) < 4.78 is 6.29. The average Bonchev–Trinajstić information content (AvgIpc) is 2.55. The highest BCUT2D eigenvalue weighted by atomic mass is 32.1. The Morgan fingerprint density at radius 1 is 1.50 bits per heavy atom. The maximum Gasteiger partial charge on any atom is 0.188 e. The summed E-state index contributed by atoms with van der Waals surface area (Å²) in [4.78, 5) is 0.817. The smallest absolute Gasteiger partial charge is 0.188 e. The molecule has 0 bridgehead atoms. The normalized spacial score (nSPS) is 10.8. The fraction of sp³-hybridized carbons (Fsp3) is 0.200. The molecule has 0 aliphatic carbocycles. The van der Waals surface area contributed by atoms with Gasteiger partial charge in [0.1, 0.15) is 0 Å². The highest BCUT2D eigenvalue weighted by molar-refractivity contribution is 7.81. The third-order valence-electron chi connectivity index (χ3n) is 2.10. The van der Waals surface area contributed by atoms with Gasteiger partial charge in [0.2, 0.25) is 0 Å². The summed E-state index contributed by atoms with van der Waals surface area (Å²) in [7, 11) is 1.63. The first-order valence-electron chi connectivity index (χ1n) is 4.16. The second kappa shape index (κ2) is 3.81. The van der Waals surface area contributed by atoms with Gasteiger partial charge in [-0.15, -0.1) is 12.6 Å². The second-order valence-corrected chi connectivity index (χ2v) is 4.35. The molecule has 1 aromatic heterocycles. The van der Waals surface area contributed by atoms with Gasteiger partial charge in [-0.2, -0.15) is 0 Å². The zero-order valence-corrected chi connectivity index (χ0v) is 9.36. The Labute approximate surface area is 91.5 Å². The molecular weight excluding hydrogens is 216 g/mol. The molecule has 0 radical (unpaired) electrons. The van der Waals surface area contributed by atoms with Gasteiger partial charge < -0.3 is 9.84 Å². The fourth-order valence-electron chi connectivity index (χ4n) is 1.45. The lowest BCUT2D eigenvalue weighted by molar-refractivity contribution is 0.283. The molecule has 74 valence electrons. The number of aliphatic hydroxyl groups is 1. The molecule has 1 aromatic carbocycles. The van der Waals surface area contributed by atoms with Crippen LogP contribution in [0.3, 0.4) is 0 Å². The predicted molar refractivity (Wildman–Crippen MR) is 61.6 cm³/mol. The zero-order chi connectivity index (χ0) is 10.1. The molecule has 0 saturated carbocycles. The van der Waals surface area contributed by atoms with E-state index in [1.54, 1.807) is 18.4 Å². The summed E-state index contributed by atoms with van der Waals surface area (Å²) in [5.74, 6) is 0. The third kappa shape index (κ3) is 1.39. The minimum Gasteiger partial charge on any atom is -0.486 e. The van der Waals surface area contributed by atoms with Crippen LogP contribution in [-0.2, 0) is 6.61 Å². The Morgan fingerprint density at radius 2 is 2.29 bits per heavy atom. The van der Waals surface area contributed by atoms with Crippen molar-refractivity contribution >= 4 is 34.1 Å². The van der Waals surface area contributed by atoms with E-state index in [9.17, 15) is 5.11 Å². The summed E-state index contributed by atoms with van der Waals surface area (Å²) in [6, 6.07) is 5.83. The molecule has 0 aliphatic heterocycles. The van der Waals surface area contributed by atoms with E-state index < -0.39 is 0 Å². The van der Waals surface area contributed by atoms with Crippen LogP contribution in [0.25, 0.3) is 10.1 Å². The van der Waals surface area contributed by atoms with Crippen molar-refractivity contribution in [2.24, 2.45) is 0 Å². The summed E-state index contributed by atoms with van der Waals surface area (Å²) in [5.41, 5.74) is 0.895. The van der Waals surface area contributed by atoms with E-state index in [1.165, 1.54) is 0 Å². The van der Waals surface area contributed by atoms with Crippen LogP contribution >= 0.6 is 24.0 Å². The molecule has 0 aliphatic rings. The highest BCUT2D eigenvalue weighted by Crippen LogP contribution is 2.41. The van der Waals surface area contributed by atoms with E-state index in [-0.39, 0.29) is 6.61 Å². The summed E-state index contributed by atoms with van der Waals surface area (Å²) in [6.45, 7) is 0.0325. The minimum absolute atomic E-state index is 0.0325. The van der Waals surface area contributed by atoms with Crippen LogP contribution in [0.15, 0.2) is 23.1 Å². The van der Waals surface area contributed by atoms with E-state index in [0.29, 0.717) is 0 Å². The molecule has 0 unspecified atom stereocenters. The van der Waals surface area contributed by atoms with Crippen molar-refractivity contribution in [1.82, 2.24) is 0 Å². The van der Waals surface area contributed by atoms with E-state index in [4.69, 9.17) is 4.74 Å². The van der Waals surface area contributed by atoms with Crippen LogP contribution in [0.4, 0.5) is 0 Å². The summed E-state index contributed by atoms with van der Waals surface area (Å²) in [5, 5.41) is 11.0. The molecule has 2 rings (SSSR count). The lowest BCUT2D eigenvalue weighted by Crippen LogP contribution is -1.83. The molecule has 1 heterocycles. The maximum absolute atomic E-state index is 9.17. The largest absolute Gasteiger partial charge is 0.486 e. The van der Waals surface area contributed by atoms with Crippen LogP contribution in [0.2, 0.25) is 0 Å². The van der Waals surface area contributed by atoms with Crippen LogP contribution in [0.1, 0.15) is 5.56 Å². The first-order chi connectivity index (χ1) is 6.77. The maximum atomic E-state index is 9.17. The Balaban J connectivity index is 2.79. The molecule has 0 atom stereocenters. The SMILES string of the molecule is COc1sc2cccc(CO)c2c1S. The number of ether oxygens (including phenoxy) is 1. The molecular formula is C10H10O2S2. The van der Waals surface area contributed by atoms with Gasteiger partial charge in [-0.25, -0.2) is 0 Å². The van der Waals surface area contributed by atoms with Gasteiger partial charge in [0.25, 0.3) is 0 Å². The van der Waals surface area contributed by atoms with Crippen LogP contribution in [0.5, 0.6) is 5.06 Å². The van der Waals surface area contributed by atoms with Crippen LogP contribution in [0, 0.1) is 0 Å². The van der Waals surface area contributed by atoms with Gasteiger partial charge >= 0.3 is 0 Å². The van der Waals surface area contributed by atoms with Crippen LogP contribution < -0.4 is 4.74 Å². The molecule has 0 amide bonds. The molecule has 2 aromatic rings. The zero-order valence-electron chi connectivity index (χ0n) is 7.65. The third-order valence-corrected chi connectivity index (χ3v) is 3.80. The first kappa shape index (κ1) is 9.83. The number of hydrogen-bond acceptors (Lipinski definition) is 4. The minimum atomic E-state index is 0.0325. The average molecular weight is 226 g/mol. The Kier molecular flexibility index (Phi) is 2.67. The van der Waals surface area contributed by atoms with Crippen molar-refractivity contribution < 1.29 is 9.84 Å². The molecule has 0 saturated heterocycles. The Bertz CT molecular complexity index is 462. The number of hydrogen-bond donors (Lipinski definition) is 2. The van der Waals surface area contributed by atoms with Gasteiger partial charge in [0.05, 0.1) is 18.6 Å². The first-order valence-corrected chi connectivity index (χ1v) is 5.42. The van der Waals surface area contributed by atoms with Crippen molar-refractivity contribution in [3.05, 3.63) is 23.8 Å². The van der Waals surface area contributed by atoms with E-state index in [2.05, 4.69) is 12.6 Å². The van der Waals surface area contributed by atoms with Gasteiger partial charge in [0, 0.05) is 10.1 Å². The van der Waals surface area contributed by atoms with Crippen molar-refractivity contribution in [3.63, 3.8) is 0 Å². The number of methoxy groups -OCH3 is 1. The molecule has 0 spiro atoms. The lowest BCUT2D eigenvalue weighted by Gasteiger charge is -1.99. The van der Waals surface area contributed by atoms with Crippen molar-refractivity contribution in [2.45, 2.75) is 11.5 Å². The Morgan fingerprint density at radius 3 is 2.93 bits per heavy atom. The monoisotopic (exact) mass is 226 g/mol. The summed E-state index contributed by atoms with van der Waals surface area (Å²) in [6.07, 6.45) is 0. The molecule has 2 nitrogen and oxygen atoms in total. The van der Waals surface area contributed by atoms with Crippen molar-refractivity contribution in [2.75, 3.05) is 7.11 Å². The van der Waals surface area contributed by atoms with E-state index >= 15 is 0 Å². The number of benzene rings is 1. The number of thiol groups is 1. The number of thiophene rings is 1. The number of aliphatic hydroxyl groups excluding tert-OH is 1. The Hall–Kier alpha value is -0.710. The predicted octanol–water partition coefficient (Wildman–Crippen LogP) is 2.69. The summed E-state index contributed by atoms with van der Waals surface area (Å²) >= 11 is 5.94. The lowest BCUT2D eigenvalue weighted by atomic mass is 10.1. The van der Waals surface area contributed by atoms with Gasteiger partial charge in [-0.3, -0.25) is 0 Å². The standard InChI is InChI=1S/C10H10O2S2/c1-12-10-9(13)8-6(5-11)3-2-4-7(8)14-10/h2-4,11,13H,5H2,1H3. The topological polar surface area (TPSA) is 29.5 Å². The molecule has 1 N–H and O–H groups in total. The fourth-order valence-corrected chi connectivity index (χ4v) is 2.98. The van der Waals surface area contributed by atoms with Gasteiger partial charge in [0.15, 0.2) is 5.06 Å². The van der Waals surface area contributed by atoms with E-state index in [1.807, 2.05) is 18.2 Å². The second-order valence-electron chi connectivity index (χ2n) is 2.89. The quantitative estimate of drug-likeness (QED) is 0.771. The highest BCUT2D eigenvalue weighted by Gasteiger charge is 2.12. The van der Waals surface area contributed by atoms with Crippen molar-refractivity contribution in [3.8, 4) is 5.06 Å². The molecule has 4 heteroatoms. The van der Waals surface area contributed by atoms with Crippen molar-refractivity contribution in [1.29, 1.82) is 0 Å². The van der Waals surface area contributed by atoms with Crippen LogP contribution in [-0.4, -0.2) is 12.2 Å². The molecule has 0 fully saturated rings. The van der Waals surface area contributed by atoms with Gasteiger partial charge in [-0.05, 0) is 11.6 Å². The molecule has 14 heavy (non-hydrogen) atoms.